The summed E-state index contributed by atoms with van der Waals surface area (Å²) in [6.07, 6.45) is -4.53. The number of hydrogen-bond acceptors (Lipinski definition) is 10. The lowest BCUT2D eigenvalue weighted by molar-refractivity contribution is -0.0574. The van der Waals surface area contributed by atoms with E-state index >= 15 is 0 Å². The molecule has 4 atom stereocenters. The van der Waals surface area contributed by atoms with Crippen molar-refractivity contribution in [3.8, 4) is 5.88 Å². The number of nitrogens with zero attached hydrogens (tertiary/aromatic N) is 5. The predicted octanol–water partition coefficient (Wildman–Crippen LogP) is -2.58. The minimum Gasteiger partial charge on any atom is -0.479 e. The lowest BCUT2D eigenvalue weighted by Gasteiger charge is -2.14. The number of aliphatic hydroxyl groups excluding tert-OH is 3. The third-order valence-electron chi connectivity index (χ3n) is 3.26. The predicted molar refractivity (Wildman–Crippen MR) is 67.1 cm³/mol. The molecule has 11 nitrogen and oxygen atoms in total. The first-order valence-electron chi connectivity index (χ1n) is 6.11. The zero-order valence-electron chi connectivity index (χ0n) is 11.0. The van der Waals surface area contributed by atoms with Gasteiger partial charge in [0.05, 0.1) is 13.7 Å². The Morgan fingerprint density at radius 1 is 1.33 bits per heavy atom. The highest BCUT2D eigenvalue weighted by molar-refractivity contribution is 5.76. The molecule has 0 bridgehead atoms. The molecule has 4 unspecified atom stereocenters. The van der Waals surface area contributed by atoms with Crippen molar-refractivity contribution in [1.29, 1.82) is 0 Å². The monoisotopic (exact) mass is 298 g/mol. The molecule has 1 saturated heterocycles. The fourth-order valence-corrected chi connectivity index (χ4v) is 2.22. The first-order chi connectivity index (χ1) is 10.1. The van der Waals surface area contributed by atoms with Crippen LogP contribution in [0.3, 0.4) is 0 Å². The lowest BCUT2D eigenvalue weighted by atomic mass is 10.1. The van der Waals surface area contributed by atoms with E-state index in [0.29, 0.717) is 0 Å². The Morgan fingerprint density at radius 3 is 2.71 bits per heavy atom. The van der Waals surface area contributed by atoms with E-state index in [-0.39, 0.29) is 23.0 Å². The summed E-state index contributed by atoms with van der Waals surface area (Å²) in [5.41, 5.74) is 6.01. The van der Waals surface area contributed by atoms with Gasteiger partial charge in [0.2, 0.25) is 11.8 Å². The van der Waals surface area contributed by atoms with Gasteiger partial charge in [0, 0.05) is 0 Å². The lowest BCUT2D eigenvalue weighted by Crippen LogP contribution is -2.33. The standard InChI is InChI=1S/C10H14N6O5/c1-20-8-4-7(12-10(11)13-8)16(15-14-4)9-6(19)5(18)3(2-17)21-9/h3,5-6,9,17-19H,2H2,1H3,(H2,11,12,13). The fraction of sp³-hybridized carbons (Fsp3) is 0.600. The van der Waals surface area contributed by atoms with Crippen molar-refractivity contribution in [2.24, 2.45) is 0 Å². The quantitative estimate of drug-likeness (QED) is 0.473. The maximum atomic E-state index is 10.0. The summed E-state index contributed by atoms with van der Waals surface area (Å²) in [5.74, 6) is 0.0742. The summed E-state index contributed by atoms with van der Waals surface area (Å²) < 4.78 is 11.6. The average Bonchev–Trinajstić information content (AvgIpc) is 3.01. The van der Waals surface area contributed by atoms with E-state index in [1.165, 1.54) is 11.8 Å². The molecule has 2 aromatic rings. The van der Waals surface area contributed by atoms with Crippen molar-refractivity contribution in [1.82, 2.24) is 25.0 Å². The van der Waals surface area contributed by atoms with Gasteiger partial charge < -0.3 is 30.5 Å². The van der Waals surface area contributed by atoms with Crippen LogP contribution in [0, 0.1) is 0 Å². The zero-order valence-corrected chi connectivity index (χ0v) is 11.0. The maximum absolute atomic E-state index is 10.0. The van der Waals surface area contributed by atoms with Gasteiger partial charge >= 0.3 is 0 Å². The molecule has 0 aliphatic carbocycles. The minimum absolute atomic E-state index is 0.0605. The molecule has 3 heterocycles. The molecular formula is C10H14N6O5. The molecular weight excluding hydrogens is 284 g/mol. The highest BCUT2D eigenvalue weighted by Crippen LogP contribution is 2.31. The molecule has 11 heteroatoms. The molecule has 21 heavy (non-hydrogen) atoms. The number of hydrogen-bond donors (Lipinski definition) is 4. The Balaban J connectivity index is 2.07. The van der Waals surface area contributed by atoms with E-state index in [4.69, 9.17) is 20.3 Å². The Kier molecular flexibility index (Phi) is 3.33. The molecule has 0 saturated carbocycles. The first-order valence-corrected chi connectivity index (χ1v) is 6.11. The SMILES string of the molecule is COc1nc(N)nc2c1nnn2C1OC(CO)C(O)C1O. The van der Waals surface area contributed by atoms with Gasteiger partial charge in [0.1, 0.15) is 18.3 Å². The third-order valence-corrected chi connectivity index (χ3v) is 3.26. The molecule has 1 fully saturated rings. The molecule has 1 aliphatic rings. The van der Waals surface area contributed by atoms with Gasteiger partial charge in [-0.1, -0.05) is 5.21 Å². The Labute approximate surface area is 117 Å². The summed E-state index contributed by atoms with van der Waals surface area (Å²) >= 11 is 0. The van der Waals surface area contributed by atoms with Crippen LogP contribution in [0.1, 0.15) is 6.23 Å². The topological polar surface area (TPSA) is 162 Å². The van der Waals surface area contributed by atoms with Crippen molar-refractivity contribution in [2.45, 2.75) is 24.5 Å². The number of nitrogens with two attached hydrogens (primary N) is 1. The van der Waals surface area contributed by atoms with Crippen LogP contribution in [0.5, 0.6) is 5.88 Å². The molecule has 2 aromatic heterocycles. The van der Waals surface area contributed by atoms with Gasteiger partial charge in [-0.2, -0.15) is 14.6 Å². The van der Waals surface area contributed by atoms with E-state index in [0.717, 1.165) is 0 Å². The number of nitrogen functional groups attached to an aromatic ring is 1. The smallest absolute Gasteiger partial charge is 0.248 e. The molecule has 0 amide bonds. The Hall–Kier alpha value is -2.08. The van der Waals surface area contributed by atoms with Crippen molar-refractivity contribution < 1.29 is 24.8 Å². The van der Waals surface area contributed by atoms with Crippen LogP contribution < -0.4 is 10.5 Å². The fourth-order valence-electron chi connectivity index (χ4n) is 2.22. The molecule has 3 rings (SSSR count). The van der Waals surface area contributed by atoms with Crippen LogP contribution in [-0.4, -0.2) is 72.3 Å². The second-order valence-corrected chi connectivity index (χ2v) is 4.53. The van der Waals surface area contributed by atoms with Gasteiger partial charge in [-0.3, -0.25) is 0 Å². The van der Waals surface area contributed by atoms with Crippen molar-refractivity contribution >= 4 is 17.1 Å². The summed E-state index contributed by atoms with van der Waals surface area (Å²) in [6, 6.07) is 0. The number of aromatic nitrogens is 5. The number of aliphatic hydroxyl groups is 3. The van der Waals surface area contributed by atoms with E-state index in [1.54, 1.807) is 0 Å². The van der Waals surface area contributed by atoms with E-state index < -0.39 is 31.1 Å². The normalized spacial score (nSPS) is 29.1. The van der Waals surface area contributed by atoms with Crippen LogP contribution in [-0.2, 0) is 4.74 Å². The number of anilines is 1. The van der Waals surface area contributed by atoms with Crippen molar-refractivity contribution in [3.63, 3.8) is 0 Å². The van der Waals surface area contributed by atoms with Gasteiger partial charge in [-0.05, 0) is 0 Å². The van der Waals surface area contributed by atoms with Crippen LogP contribution >= 0.6 is 0 Å². The highest BCUT2D eigenvalue weighted by atomic mass is 16.6. The number of methoxy groups -OCH3 is 1. The Morgan fingerprint density at radius 2 is 2.10 bits per heavy atom. The van der Waals surface area contributed by atoms with Crippen LogP contribution in [0.2, 0.25) is 0 Å². The number of fused-ring (bicyclic) bond motifs is 1. The molecule has 114 valence electrons. The molecule has 1 aliphatic heterocycles. The highest BCUT2D eigenvalue weighted by Gasteiger charge is 2.44. The summed E-state index contributed by atoms with van der Waals surface area (Å²) in [5, 5.41) is 36.6. The second kappa shape index (κ2) is 5.04. The van der Waals surface area contributed by atoms with E-state index in [2.05, 4.69) is 20.3 Å². The largest absolute Gasteiger partial charge is 0.479 e. The van der Waals surface area contributed by atoms with Crippen LogP contribution in [0.25, 0.3) is 11.2 Å². The van der Waals surface area contributed by atoms with Gasteiger partial charge in [-0.15, -0.1) is 5.10 Å². The zero-order chi connectivity index (χ0) is 15.1. The molecule has 5 N–H and O–H groups in total. The van der Waals surface area contributed by atoms with Gasteiger partial charge in [-0.25, -0.2) is 0 Å². The number of ether oxygens (including phenoxy) is 2. The van der Waals surface area contributed by atoms with Crippen LogP contribution in [0.15, 0.2) is 0 Å². The van der Waals surface area contributed by atoms with Gasteiger partial charge in [0.25, 0.3) is 0 Å². The van der Waals surface area contributed by atoms with E-state index in [1.807, 2.05) is 0 Å². The van der Waals surface area contributed by atoms with E-state index in [9.17, 15) is 10.2 Å². The maximum Gasteiger partial charge on any atom is 0.248 e. The summed E-state index contributed by atoms with van der Waals surface area (Å²) in [7, 11) is 1.40. The first kappa shape index (κ1) is 13.9. The van der Waals surface area contributed by atoms with Crippen molar-refractivity contribution in [2.75, 3.05) is 19.5 Å². The van der Waals surface area contributed by atoms with Crippen molar-refractivity contribution in [3.05, 3.63) is 0 Å². The molecule has 0 spiro atoms. The van der Waals surface area contributed by atoms with Gasteiger partial charge in [0.15, 0.2) is 17.4 Å². The second-order valence-electron chi connectivity index (χ2n) is 4.53. The number of rotatable bonds is 3. The van der Waals surface area contributed by atoms with Crippen LogP contribution in [0.4, 0.5) is 5.95 Å². The minimum atomic E-state index is -1.30. The summed E-state index contributed by atoms with van der Waals surface area (Å²) in [6.45, 7) is -0.443. The molecule has 0 radical (unpaired) electrons. The molecule has 0 aromatic carbocycles. The Bertz CT molecular complexity index is 663. The third kappa shape index (κ3) is 2.06. The average molecular weight is 298 g/mol. The summed E-state index contributed by atoms with van der Waals surface area (Å²) in [4.78, 5) is 7.85.